The summed E-state index contributed by atoms with van der Waals surface area (Å²) in [4.78, 5) is 28.4. The first kappa shape index (κ1) is 19.6. The first-order valence-electron chi connectivity index (χ1n) is 9.47. The Morgan fingerprint density at radius 2 is 2.13 bits per heavy atom. The van der Waals surface area contributed by atoms with Crippen molar-refractivity contribution in [3.8, 4) is 6.07 Å². The zero-order valence-electron chi connectivity index (χ0n) is 16.0. The molecule has 0 saturated heterocycles. The summed E-state index contributed by atoms with van der Waals surface area (Å²) in [5.41, 5.74) is 1.99. The third-order valence-corrected chi connectivity index (χ3v) is 5.32. The topological polar surface area (TPSA) is 129 Å². The highest BCUT2D eigenvalue weighted by molar-refractivity contribution is 6.06. The lowest BCUT2D eigenvalue weighted by molar-refractivity contribution is -0.419. The molecule has 2 aromatic heterocycles. The van der Waals surface area contributed by atoms with Gasteiger partial charge in [0.15, 0.2) is 0 Å². The number of nitro groups is 1. The lowest BCUT2D eigenvalue weighted by Crippen LogP contribution is -2.27. The smallest absolute Gasteiger partial charge is 0.269 e. The van der Waals surface area contributed by atoms with Gasteiger partial charge in [0.25, 0.3) is 11.3 Å². The van der Waals surface area contributed by atoms with Gasteiger partial charge in [-0.25, -0.2) is 5.90 Å². The second-order valence-corrected chi connectivity index (χ2v) is 7.02. The molecule has 1 aliphatic rings. The number of nitrogens with two attached hydrogens (primary N) is 1. The van der Waals surface area contributed by atoms with Gasteiger partial charge in [-0.15, -0.1) is 0 Å². The molecule has 0 fully saturated rings. The van der Waals surface area contributed by atoms with Crippen LogP contribution in [0, 0.1) is 21.4 Å². The van der Waals surface area contributed by atoms with Crippen molar-refractivity contribution in [1.29, 1.82) is 5.26 Å². The van der Waals surface area contributed by atoms with Gasteiger partial charge in [-0.3, -0.25) is 19.5 Å². The molecule has 30 heavy (non-hydrogen) atoms. The molecule has 0 saturated carbocycles. The van der Waals surface area contributed by atoms with E-state index in [1.807, 2.05) is 34.9 Å². The number of fused-ring (bicyclic) bond motifs is 3. The van der Waals surface area contributed by atoms with Crippen molar-refractivity contribution >= 4 is 21.9 Å². The zero-order chi connectivity index (χ0) is 21.3. The van der Waals surface area contributed by atoms with Gasteiger partial charge in [-0.1, -0.05) is 24.3 Å². The van der Waals surface area contributed by atoms with Crippen LogP contribution in [0.15, 0.2) is 59.1 Å². The monoisotopic (exact) mass is 405 g/mol. The van der Waals surface area contributed by atoms with E-state index in [1.54, 1.807) is 16.7 Å². The van der Waals surface area contributed by atoms with Crippen molar-refractivity contribution in [3.63, 3.8) is 0 Å². The highest BCUT2D eigenvalue weighted by Crippen LogP contribution is 2.32. The predicted molar refractivity (Wildman–Crippen MR) is 111 cm³/mol. The van der Waals surface area contributed by atoms with Crippen LogP contribution in [-0.2, 0) is 11.4 Å². The molecule has 0 radical (unpaired) electrons. The highest BCUT2D eigenvalue weighted by atomic mass is 16.6. The van der Waals surface area contributed by atoms with Crippen LogP contribution in [0.4, 0.5) is 0 Å². The largest absolute Gasteiger partial charge is 0.339 e. The molecule has 0 amide bonds. The standard InChI is InChI=1S/C21H19N5O4/c22-13-14-12-19-20(17-4-1-2-5-18(17)24(19)10-3-11-30-23)25(21(14)27)15-6-8-16(9-7-15)26(28)29/h1-2,4-6,8-9,12,15H,3,7,10-11,23H2. The molecule has 1 aromatic carbocycles. The molecule has 1 atom stereocenters. The summed E-state index contributed by atoms with van der Waals surface area (Å²) >= 11 is 0. The molecule has 1 unspecified atom stereocenters. The summed E-state index contributed by atoms with van der Waals surface area (Å²) in [5, 5.41) is 21.5. The fourth-order valence-corrected chi connectivity index (χ4v) is 4.00. The molecule has 1 aliphatic carbocycles. The second kappa shape index (κ2) is 7.94. The lowest BCUT2D eigenvalue weighted by Gasteiger charge is -2.19. The van der Waals surface area contributed by atoms with Gasteiger partial charge in [0.1, 0.15) is 11.6 Å². The molecule has 2 N–H and O–H groups in total. The van der Waals surface area contributed by atoms with E-state index in [0.717, 1.165) is 16.4 Å². The Morgan fingerprint density at radius 1 is 1.33 bits per heavy atom. The van der Waals surface area contributed by atoms with Crippen molar-refractivity contribution in [2.24, 2.45) is 5.90 Å². The summed E-state index contributed by atoms with van der Waals surface area (Å²) in [6.07, 6.45) is 5.50. The first-order chi connectivity index (χ1) is 14.6. The van der Waals surface area contributed by atoms with Crippen LogP contribution < -0.4 is 11.5 Å². The molecule has 152 valence electrons. The van der Waals surface area contributed by atoms with E-state index in [0.29, 0.717) is 25.1 Å². The number of benzene rings is 1. The van der Waals surface area contributed by atoms with Crippen LogP contribution in [0.25, 0.3) is 21.9 Å². The molecule has 0 bridgehead atoms. The van der Waals surface area contributed by atoms with Crippen molar-refractivity contribution in [2.75, 3.05) is 6.61 Å². The molecule has 4 rings (SSSR count). The van der Waals surface area contributed by atoms with E-state index in [1.165, 1.54) is 12.2 Å². The zero-order valence-corrected chi connectivity index (χ0v) is 16.0. The third kappa shape index (κ3) is 3.18. The Hall–Kier alpha value is -3.74. The Kier molecular flexibility index (Phi) is 5.18. The van der Waals surface area contributed by atoms with Gasteiger partial charge < -0.3 is 9.40 Å². The maximum atomic E-state index is 13.1. The quantitative estimate of drug-likeness (QED) is 0.381. The van der Waals surface area contributed by atoms with Gasteiger partial charge in [-0.05, 0) is 31.1 Å². The van der Waals surface area contributed by atoms with Gasteiger partial charge in [-0.2, -0.15) is 5.26 Å². The lowest BCUT2D eigenvalue weighted by atomic mass is 10.1. The Labute approximate surface area is 171 Å². The minimum Gasteiger partial charge on any atom is -0.339 e. The van der Waals surface area contributed by atoms with Crippen molar-refractivity contribution in [3.05, 3.63) is 80.3 Å². The number of pyridine rings is 1. The van der Waals surface area contributed by atoms with Crippen LogP contribution in [-0.4, -0.2) is 20.7 Å². The average molecular weight is 405 g/mol. The molecule has 2 heterocycles. The number of para-hydroxylation sites is 1. The van der Waals surface area contributed by atoms with Crippen LogP contribution in [0.5, 0.6) is 0 Å². The molecule has 9 heteroatoms. The van der Waals surface area contributed by atoms with Crippen LogP contribution in [0.1, 0.15) is 24.4 Å². The van der Waals surface area contributed by atoms with E-state index in [2.05, 4.69) is 4.84 Å². The van der Waals surface area contributed by atoms with Crippen LogP contribution in [0.2, 0.25) is 0 Å². The van der Waals surface area contributed by atoms with Gasteiger partial charge in [0.2, 0.25) is 0 Å². The third-order valence-electron chi connectivity index (χ3n) is 5.32. The molecule has 0 spiro atoms. The number of allylic oxidation sites excluding steroid dienone is 3. The normalized spacial score (nSPS) is 16.0. The Balaban J connectivity index is 1.99. The summed E-state index contributed by atoms with van der Waals surface area (Å²) < 4.78 is 3.63. The Bertz CT molecular complexity index is 1310. The van der Waals surface area contributed by atoms with E-state index < -0.39 is 16.5 Å². The molecule has 9 nitrogen and oxygen atoms in total. The summed E-state index contributed by atoms with van der Waals surface area (Å²) in [7, 11) is 0. The number of aromatic nitrogens is 2. The van der Waals surface area contributed by atoms with E-state index in [4.69, 9.17) is 5.90 Å². The molecule has 3 aromatic rings. The second-order valence-electron chi connectivity index (χ2n) is 7.02. The number of nitriles is 1. The van der Waals surface area contributed by atoms with Crippen molar-refractivity contribution in [1.82, 2.24) is 9.13 Å². The first-order valence-corrected chi connectivity index (χ1v) is 9.47. The number of rotatable bonds is 6. The van der Waals surface area contributed by atoms with Crippen molar-refractivity contribution in [2.45, 2.75) is 25.4 Å². The van der Waals surface area contributed by atoms with Gasteiger partial charge in [0, 0.05) is 18.0 Å². The van der Waals surface area contributed by atoms with E-state index in [-0.39, 0.29) is 17.7 Å². The summed E-state index contributed by atoms with van der Waals surface area (Å²) in [6, 6.07) is 10.9. The highest BCUT2D eigenvalue weighted by Gasteiger charge is 2.24. The summed E-state index contributed by atoms with van der Waals surface area (Å²) in [6.45, 7) is 0.967. The minimum atomic E-state index is -0.456. The fraction of sp³-hybridized carbons (Fsp3) is 0.238. The molecular weight excluding hydrogens is 386 g/mol. The van der Waals surface area contributed by atoms with Gasteiger partial charge in [0.05, 0.1) is 34.1 Å². The number of hydrogen-bond acceptors (Lipinski definition) is 6. The SMILES string of the molecule is N#Cc1cc2c(c3ccccc3n2CCCON)n(C2C=CC([N+](=O)[O-])=CC2)c1=O. The minimum absolute atomic E-state index is 0.00352. The Morgan fingerprint density at radius 3 is 2.80 bits per heavy atom. The van der Waals surface area contributed by atoms with E-state index in [9.17, 15) is 20.2 Å². The predicted octanol–water partition coefficient (Wildman–Crippen LogP) is 2.77. The number of hydrogen-bond donors (Lipinski definition) is 1. The summed E-state index contributed by atoms with van der Waals surface area (Å²) in [5.74, 6) is 5.15. The average Bonchev–Trinajstić information content (AvgIpc) is 3.07. The van der Waals surface area contributed by atoms with E-state index >= 15 is 0 Å². The maximum absolute atomic E-state index is 13.1. The van der Waals surface area contributed by atoms with Crippen LogP contribution >= 0.6 is 0 Å². The van der Waals surface area contributed by atoms with Gasteiger partial charge >= 0.3 is 0 Å². The molecular formula is C21H19N5O4. The number of aryl methyl sites for hydroxylation is 1. The van der Waals surface area contributed by atoms with Crippen LogP contribution in [0.3, 0.4) is 0 Å². The maximum Gasteiger partial charge on any atom is 0.269 e. The molecule has 0 aliphatic heterocycles. The van der Waals surface area contributed by atoms with Crippen molar-refractivity contribution < 1.29 is 9.76 Å². The fourth-order valence-electron chi connectivity index (χ4n) is 4.00. The number of nitrogens with zero attached hydrogens (tertiary/aromatic N) is 4.